The van der Waals surface area contributed by atoms with Crippen LogP contribution in [0.25, 0.3) is 0 Å². The number of methoxy groups -OCH3 is 1. The lowest BCUT2D eigenvalue weighted by molar-refractivity contribution is 0.0935. The maximum atomic E-state index is 12.3. The standard InChI is InChI=1S/C17H18BrNO2/c1-3-16(12-6-10-15(21-2)11-7-12)19-17(20)13-4-8-14(18)9-5-13/h4-11,16H,3H2,1-2H3,(H,19,20). The summed E-state index contributed by atoms with van der Waals surface area (Å²) in [6.07, 6.45) is 0.828. The van der Waals surface area contributed by atoms with E-state index in [4.69, 9.17) is 4.74 Å². The predicted molar refractivity (Wildman–Crippen MR) is 87.6 cm³/mol. The fourth-order valence-electron chi connectivity index (χ4n) is 2.10. The highest BCUT2D eigenvalue weighted by atomic mass is 79.9. The molecular formula is C17H18BrNO2. The molecule has 0 aliphatic carbocycles. The average Bonchev–Trinajstić information content (AvgIpc) is 2.53. The number of hydrogen-bond acceptors (Lipinski definition) is 2. The second-order valence-electron chi connectivity index (χ2n) is 4.71. The van der Waals surface area contributed by atoms with Crippen LogP contribution in [0.5, 0.6) is 5.75 Å². The summed E-state index contributed by atoms with van der Waals surface area (Å²) in [4.78, 5) is 12.3. The Morgan fingerprint density at radius 1 is 1.14 bits per heavy atom. The van der Waals surface area contributed by atoms with Crippen LogP contribution in [0, 0.1) is 0 Å². The van der Waals surface area contributed by atoms with E-state index in [0.717, 1.165) is 22.2 Å². The molecule has 0 aliphatic heterocycles. The largest absolute Gasteiger partial charge is 0.497 e. The van der Waals surface area contributed by atoms with Gasteiger partial charge in [-0.15, -0.1) is 0 Å². The van der Waals surface area contributed by atoms with Crippen LogP contribution in [0.1, 0.15) is 35.3 Å². The summed E-state index contributed by atoms with van der Waals surface area (Å²) in [5.41, 5.74) is 1.73. The summed E-state index contributed by atoms with van der Waals surface area (Å²) in [7, 11) is 1.64. The normalized spacial score (nSPS) is 11.8. The van der Waals surface area contributed by atoms with Gasteiger partial charge >= 0.3 is 0 Å². The van der Waals surface area contributed by atoms with E-state index in [2.05, 4.69) is 28.2 Å². The summed E-state index contributed by atoms with van der Waals surface area (Å²) < 4.78 is 6.11. The van der Waals surface area contributed by atoms with Gasteiger partial charge in [-0.05, 0) is 48.4 Å². The van der Waals surface area contributed by atoms with Crippen molar-refractivity contribution >= 4 is 21.8 Å². The van der Waals surface area contributed by atoms with Crippen LogP contribution in [-0.4, -0.2) is 13.0 Å². The van der Waals surface area contributed by atoms with Crippen LogP contribution in [-0.2, 0) is 0 Å². The first-order valence-electron chi connectivity index (χ1n) is 6.84. The van der Waals surface area contributed by atoms with E-state index in [1.807, 2.05) is 36.4 Å². The van der Waals surface area contributed by atoms with Crippen molar-refractivity contribution in [1.82, 2.24) is 5.32 Å². The number of rotatable bonds is 5. The Balaban J connectivity index is 2.10. The van der Waals surface area contributed by atoms with Crippen LogP contribution >= 0.6 is 15.9 Å². The van der Waals surface area contributed by atoms with E-state index in [0.29, 0.717) is 5.56 Å². The van der Waals surface area contributed by atoms with Gasteiger partial charge in [-0.25, -0.2) is 0 Å². The molecule has 0 aromatic heterocycles. The average molecular weight is 348 g/mol. The second kappa shape index (κ2) is 7.27. The van der Waals surface area contributed by atoms with Crippen molar-refractivity contribution in [2.75, 3.05) is 7.11 Å². The molecule has 1 N–H and O–H groups in total. The highest BCUT2D eigenvalue weighted by Crippen LogP contribution is 2.21. The second-order valence-corrected chi connectivity index (χ2v) is 5.63. The highest BCUT2D eigenvalue weighted by molar-refractivity contribution is 9.10. The van der Waals surface area contributed by atoms with Crippen molar-refractivity contribution in [2.45, 2.75) is 19.4 Å². The Labute approximate surface area is 133 Å². The summed E-state index contributed by atoms with van der Waals surface area (Å²) in [5, 5.41) is 3.06. The fourth-order valence-corrected chi connectivity index (χ4v) is 2.36. The summed E-state index contributed by atoms with van der Waals surface area (Å²) in [6, 6.07) is 15.1. The summed E-state index contributed by atoms with van der Waals surface area (Å²) >= 11 is 3.37. The van der Waals surface area contributed by atoms with Gasteiger partial charge in [-0.2, -0.15) is 0 Å². The molecule has 1 amide bonds. The third-order valence-corrected chi connectivity index (χ3v) is 3.87. The molecule has 1 unspecified atom stereocenters. The Kier molecular flexibility index (Phi) is 5.39. The first-order valence-corrected chi connectivity index (χ1v) is 7.63. The van der Waals surface area contributed by atoms with Crippen LogP contribution < -0.4 is 10.1 Å². The zero-order valence-electron chi connectivity index (χ0n) is 12.1. The Morgan fingerprint density at radius 3 is 2.29 bits per heavy atom. The molecule has 0 saturated heterocycles. The molecule has 1 atom stereocenters. The molecule has 2 rings (SSSR count). The van der Waals surface area contributed by atoms with E-state index >= 15 is 0 Å². The Morgan fingerprint density at radius 2 is 1.76 bits per heavy atom. The number of nitrogens with one attached hydrogen (secondary N) is 1. The molecule has 110 valence electrons. The molecule has 3 nitrogen and oxygen atoms in total. The minimum absolute atomic E-state index is 0.00736. The first-order chi connectivity index (χ1) is 10.1. The molecule has 0 fully saturated rings. The van der Waals surface area contributed by atoms with Crippen LogP contribution in [0.3, 0.4) is 0 Å². The van der Waals surface area contributed by atoms with E-state index in [1.54, 1.807) is 19.2 Å². The molecule has 0 saturated carbocycles. The van der Waals surface area contributed by atoms with E-state index < -0.39 is 0 Å². The SMILES string of the molecule is CCC(NC(=O)c1ccc(Br)cc1)c1ccc(OC)cc1. The number of hydrogen-bond donors (Lipinski definition) is 1. The topological polar surface area (TPSA) is 38.3 Å². The van der Waals surface area contributed by atoms with Crippen molar-refractivity contribution in [3.05, 3.63) is 64.1 Å². The Bertz CT molecular complexity index is 593. The number of halogens is 1. The van der Waals surface area contributed by atoms with Gasteiger partial charge in [0.25, 0.3) is 5.91 Å². The molecule has 4 heteroatoms. The molecular weight excluding hydrogens is 330 g/mol. The third kappa shape index (κ3) is 4.08. The van der Waals surface area contributed by atoms with Gasteiger partial charge in [-0.3, -0.25) is 4.79 Å². The molecule has 0 aliphatic rings. The first kappa shape index (κ1) is 15.6. The Hall–Kier alpha value is -1.81. The van der Waals surface area contributed by atoms with Crippen LogP contribution in [0.2, 0.25) is 0 Å². The van der Waals surface area contributed by atoms with Gasteiger partial charge in [-0.1, -0.05) is 35.0 Å². The van der Waals surface area contributed by atoms with Crippen molar-refractivity contribution in [2.24, 2.45) is 0 Å². The quantitative estimate of drug-likeness (QED) is 0.873. The number of ether oxygens (including phenoxy) is 1. The zero-order valence-corrected chi connectivity index (χ0v) is 13.7. The van der Waals surface area contributed by atoms with Crippen molar-refractivity contribution in [1.29, 1.82) is 0 Å². The van der Waals surface area contributed by atoms with Gasteiger partial charge < -0.3 is 10.1 Å². The van der Waals surface area contributed by atoms with Crippen LogP contribution in [0.4, 0.5) is 0 Å². The number of amides is 1. The van der Waals surface area contributed by atoms with Gasteiger partial charge in [0.1, 0.15) is 5.75 Å². The minimum atomic E-state index is -0.0647. The van der Waals surface area contributed by atoms with Crippen LogP contribution in [0.15, 0.2) is 53.0 Å². The molecule has 21 heavy (non-hydrogen) atoms. The van der Waals surface area contributed by atoms with Crippen molar-refractivity contribution in [3.63, 3.8) is 0 Å². The third-order valence-electron chi connectivity index (χ3n) is 3.34. The molecule has 2 aromatic rings. The molecule has 0 spiro atoms. The minimum Gasteiger partial charge on any atom is -0.497 e. The lowest BCUT2D eigenvalue weighted by Crippen LogP contribution is -2.28. The lowest BCUT2D eigenvalue weighted by Gasteiger charge is -2.18. The van der Waals surface area contributed by atoms with Gasteiger partial charge in [0, 0.05) is 10.0 Å². The van der Waals surface area contributed by atoms with E-state index in [9.17, 15) is 4.79 Å². The number of carbonyl (C=O) groups is 1. The summed E-state index contributed by atoms with van der Waals surface area (Å²) in [5.74, 6) is 0.748. The number of carbonyl (C=O) groups excluding carboxylic acids is 1. The van der Waals surface area contributed by atoms with E-state index in [-0.39, 0.29) is 11.9 Å². The fraction of sp³-hybridized carbons (Fsp3) is 0.235. The highest BCUT2D eigenvalue weighted by Gasteiger charge is 2.14. The van der Waals surface area contributed by atoms with E-state index in [1.165, 1.54) is 0 Å². The van der Waals surface area contributed by atoms with Gasteiger partial charge in [0.15, 0.2) is 0 Å². The van der Waals surface area contributed by atoms with Crippen molar-refractivity contribution < 1.29 is 9.53 Å². The maximum Gasteiger partial charge on any atom is 0.251 e. The predicted octanol–water partition coefficient (Wildman–Crippen LogP) is 4.34. The van der Waals surface area contributed by atoms with Crippen molar-refractivity contribution in [3.8, 4) is 5.75 Å². The lowest BCUT2D eigenvalue weighted by atomic mass is 10.0. The smallest absolute Gasteiger partial charge is 0.251 e. The monoisotopic (exact) mass is 347 g/mol. The summed E-state index contributed by atoms with van der Waals surface area (Å²) in [6.45, 7) is 2.05. The molecule has 0 radical (unpaired) electrons. The van der Waals surface area contributed by atoms with Gasteiger partial charge in [0.2, 0.25) is 0 Å². The molecule has 0 bridgehead atoms. The molecule has 0 heterocycles. The van der Waals surface area contributed by atoms with Gasteiger partial charge in [0.05, 0.1) is 13.2 Å². The maximum absolute atomic E-state index is 12.3. The zero-order chi connectivity index (χ0) is 15.2. The molecule has 2 aromatic carbocycles. The number of benzene rings is 2.